The third-order valence-corrected chi connectivity index (χ3v) is 26.4. The zero-order chi connectivity index (χ0) is 87.0. The number of carbonyl (C=O) groups excluding carboxylic acids is 12. The molecule has 10 aromatic rings. The first kappa shape index (κ1) is 92.9. The second-order valence-corrected chi connectivity index (χ2v) is 36.2. The van der Waals surface area contributed by atoms with Crippen molar-refractivity contribution in [3.63, 3.8) is 0 Å². The van der Waals surface area contributed by atoms with E-state index >= 15 is 19.2 Å². The van der Waals surface area contributed by atoms with Gasteiger partial charge in [-0.3, -0.25) is 57.5 Å². The van der Waals surface area contributed by atoms with E-state index in [1.165, 1.54) is 41.5 Å². The minimum absolute atomic E-state index is 0.218. The van der Waals surface area contributed by atoms with Crippen LogP contribution in [0.15, 0.2) is 303 Å². The number of rotatable bonds is 46. The average molecular weight is 1740 g/mol. The largest absolute Gasteiger partial charge is 0.465 e. The first-order valence-corrected chi connectivity index (χ1v) is 44.3. The number of thioether (sulfide) groups is 5. The fourth-order valence-corrected chi connectivity index (χ4v) is 18.4. The molecule has 19 nitrogen and oxygen atoms in total. The van der Waals surface area contributed by atoms with E-state index in [-0.39, 0.29) is 35.3 Å². The van der Waals surface area contributed by atoms with Crippen LogP contribution in [0.25, 0.3) is 0 Å². The molecule has 10 rings (SSSR count). The van der Waals surface area contributed by atoms with Gasteiger partial charge in [0.2, 0.25) is 0 Å². The van der Waals surface area contributed by atoms with E-state index in [0.29, 0.717) is 55.6 Å². The maximum atomic E-state index is 16.5. The van der Waals surface area contributed by atoms with Crippen LogP contribution in [-0.2, 0) is 66.7 Å². The molecule has 24 heteroatoms. The van der Waals surface area contributed by atoms with Crippen molar-refractivity contribution in [1.82, 2.24) is 0 Å². The van der Waals surface area contributed by atoms with E-state index < -0.39 is 151 Å². The molecule has 10 aromatic carbocycles. The Labute approximate surface area is 731 Å². The van der Waals surface area contributed by atoms with E-state index in [4.69, 9.17) is 33.2 Å². The highest BCUT2D eigenvalue weighted by Gasteiger charge is 2.49. The molecule has 0 spiro atoms. The van der Waals surface area contributed by atoms with Crippen LogP contribution >= 0.6 is 58.8 Å². The molecule has 0 heterocycles. The van der Waals surface area contributed by atoms with Gasteiger partial charge in [0.25, 0.3) is 0 Å². The van der Waals surface area contributed by atoms with Gasteiger partial charge in [-0.05, 0) is 62.4 Å². The van der Waals surface area contributed by atoms with E-state index in [1.54, 1.807) is 303 Å². The van der Waals surface area contributed by atoms with Gasteiger partial charge in [-0.1, -0.05) is 310 Å². The lowest BCUT2D eigenvalue weighted by atomic mass is 9.89. The predicted molar refractivity (Wildman–Crippen MR) is 477 cm³/mol. The van der Waals surface area contributed by atoms with E-state index in [9.17, 15) is 38.4 Å². The Kier molecular flexibility index (Phi) is 35.4. The molecule has 0 radical (unpaired) electrons. The molecule has 0 amide bonds. The highest BCUT2D eigenvalue weighted by Crippen LogP contribution is 2.43. The Hall–Kier alpha value is -11.4. The third-order valence-electron chi connectivity index (χ3n) is 19.6. The SMILES string of the molecule is CCC(=O)OCC(COC(=O)C(C)SC(C(=O)c1ccccc1)c1ccccc1)(COC(=O)C(C)SC(C(=O)c1ccccc1)c1ccccc1)COC(=O)C(COC(=O)C(C)SC(C(=O)c1ccccc1)c1ccccc1)(COC(=O)C(C)SC(C(=O)c1ccccc1)c1ccccc1)COC(=O)C(C)SC(C(=O)c1ccccc1)c1ccccc1. The van der Waals surface area contributed by atoms with Crippen LogP contribution in [0, 0.1) is 10.8 Å². The molecule has 10 atom stereocenters. The molecule has 0 aliphatic rings. The quantitative estimate of drug-likeness (QED) is 0.0195. The van der Waals surface area contributed by atoms with E-state index in [2.05, 4.69) is 0 Å². The van der Waals surface area contributed by atoms with E-state index in [1.807, 2.05) is 0 Å². The number of ketones is 5. The van der Waals surface area contributed by atoms with Crippen LogP contribution in [0.1, 0.15) is 154 Å². The molecule has 0 aromatic heterocycles. The Bertz CT molecular complexity index is 4720. The number of benzene rings is 10. The van der Waals surface area contributed by atoms with Gasteiger partial charge in [0.1, 0.15) is 77.9 Å². The van der Waals surface area contributed by atoms with Crippen LogP contribution in [0.2, 0.25) is 0 Å². The van der Waals surface area contributed by atoms with Crippen molar-refractivity contribution < 1.29 is 90.7 Å². The molecule has 0 fully saturated rings. The Balaban J connectivity index is 1.05. The highest BCUT2D eigenvalue weighted by molar-refractivity contribution is 8.02. The summed E-state index contributed by atoms with van der Waals surface area (Å²) in [6, 6.07) is 86.0. The van der Waals surface area contributed by atoms with Crippen molar-refractivity contribution in [3.05, 3.63) is 359 Å². The third kappa shape index (κ3) is 26.3. The van der Waals surface area contributed by atoms with Gasteiger partial charge in [0.15, 0.2) is 34.3 Å². The zero-order valence-electron chi connectivity index (χ0n) is 68.1. The minimum Gasteiger partial charge on any atom is -0.465 e. The molecule has 122 heavy (non-hydrogen) atoms. The van der Waals surface area contributed by atoms with Crippen LogP contribution in [0.4, 0.5) is 0 Å². The van der Waals surface area contributed by atoms with Gasteiger partial charge < -0.3 is 33.2 Å². The summed E-state index contributed by atoms with van der Waals surface area (Å²) in [7, 11) is 0. The maximum absolute atomic E-state index is 16.5. The van der Waals surface area contributed by atoms with Gasteiger partial charge in [-0.15, -0.1) is 58.8 Å². The normalized spacial score (nSPS) is 14.6. The number of hydrogen-bond donors (Lipinski definition) is 0. The van der Waals surface area contributed by atoms with Gasteiger partial charge in [-0.25, -0.2) is 0 Å². The number of carbonyl (C=O) groups is 12. The number of ether oxygens (including phenoxy) is 7. The summed E-state index contributed by atoms with van der Waals surface area (Å²) >= 11 is 4.76. The summed E-state index contributed by atoms with van der Waals surface area (Å²) in [5.74, 6) is -8.88. The van der Waals surface area contributed by atoms with Crippen molar-refractivity contribution in [3.8, 4) is 0 Å². The Morgan fingerprint density at radius 1 is 0.238 bits per heavy atom. The average Bonchev–Trinajstić information content (AvgIpc) is 0.810. The molecular weight excluding hydrogens is 1640 g/mol. The molecule has 0 N–H and O–H groups in total. The smallest absolute Gasteiger partial charge is 0.322 e. The number of hydrogen-bond acceptors (Lipinski definition) is 24. The molecule has 0 aliphatic carbocycles. The van der Waals surface area contributed by atoms with Crippen molar-refractivity contribution in [2.75, 3.05) is 46.2 Å². The molecule has 0 aliphatic heterocycles. The zero-order valence-corrected chi connectivity index (χ0v) is 72.2. The van der Waals surface area contributed by atoms with Crippen LogP contribution < -0.4 is 0 Å². The molecule has 630 valence electrons. The lowest BCUT2D eigenvalue weighted by molar-refractivity contribution is -0.186. The van der Waals surface area contributed by atoms with E-state index in [0.717, 1.165) is 58.8 Å². The van der Waals surface area contributed by atoms with Gasteiger partial charge in [-0.2, -0.15) is 0 Å². The highest BCUT2D eigenvalue weighted by atomic mass is 32.2. The summed E-state index contributed by atoms with van der Waals surface area (Å²) in [5, 5.41) is -11.0. The fraction of sp³-hybridized carbons (Fsp3) is 0.265. The van der Waals surface area contributed by atoms with Crippen LogP contribution in [-0.4, -0.2) is 143 Å². The lowest BCUT2D eigenvalue weighted by Gasteiger charge is -2.35. The maximum Gasteiger partial charge on any atom is 0.322 e. The molecular formula is C98H94O19S5. The Morgan fingerprint density at radius 3 is 0.607 bits per heavy atom. The number of esters is 7. The molecule has 0 saturated carbocycles. The van der Waals surface area contributed by atoms with Crippen molar-refractivity contribution in [2.24, 2.45) is 10.8 Å². The first-order chi connectivity index (χ1) is 59.0. The fourth-order valence-electron chi connectivity index (χ4n) is 12.6. The summed E-state index contributed by atoms with van der Waals surface area (Å²) in [6.45, 7) is 2.02. The summed E-state index contributed by atoms with van der Waals surface area (Å²) < 4.78 is 43.6. The second kappa shape index (κ2) is 46.6. The van der Waals surface area contributed by atoms with Gasteiger partial charge in [0, 0.05) is 34.2 Å². The topological polar surface area (TPSA) is 269 Å². The summed E-state index contributed by atoms with van der Waals surface area (Å²) in [4.78, 5) is 178. The molecule has 0 bridgehead atoms. The molecule has 10 unspecified atom stereocenters. The minimum atomic E-state index is -2.67. The summed E-state index contributed by atoms with van der Waals surface area (Å²) in [6.07, 6.45) is -0.218. The Morgan fingerprint density at radius 2 is 0.410 bits per heavy atom. The van der Waals surface area contributed by atoms with Gasteiger partial charge in [0.05, 0.1) is 26.2 Å². The number of Topliss-reactive ketones (excluding diaryl/α,β-unsaturated/α-hetero) is 5. The summed E-state index contributed by atoms with van der Waals surface area (Å²) in [5.41, 5.74) is -0.322. The van der Waals surface area contributed by atoms with Gasteiger partial charge >= 0.3 is 41.8 Å². The van der Waals surface area contributed by atoms with Crippen LogP contribution in [0.3, 0.4) is 0 Å². The predicted octanol–water partition coefficient (Wildman–Crippen LogP) is 18.9. The standard InChI is InChI=1S/C98H94O19S5/c1-7-80(99)111-58-97(59-112-91(105)65(2)118-86(75-48-28-13-29-49-75)81(100)70-38-18-8-19-39-70,60-113-92(106)66(3)119-87(76-50-30-14-31-51-76)82(101)71-40-20-9-21-41-71)61-117-96(110)98(62-114-93(107)67(4)120-88(77-52-32-15-33-53-77)83(102)72-42-22-10-23-43-72,63-115-94(108)68(5)121-89(78-54-34-16-35-55-78)84(103)73-44-24-11-25-45-73)64-116-95(109)69(6)122-90(79-56-36-17-37-57-79)85(104)74-46-26-12-27-47-74/h8-57,65-69,86-90H,7,58-64H2,1-6H3. The molecule has 0 saturated heterocycles. The second-order valence-electron chi connectivity index (χ2n) is 28.9. The van der Waals surface area contributed by atoms with Crippen molar-refractivity contribution in [2.45, 2.75) is 100 Å². The van der Waals surface area contributed by atoms with Crippen LogP contribution in [0.5, 0.6) is 0 Å². The van der Waals surface area contributed by atoms with Crippen molar-refractivity contribution >= 4 is 130 Å². The lowest BCUT2D eigenvalue weighted by Crippen LogP contribution is -2.50. The van der Waals surface area contributed by atoms with Crippen molar-refractivity contribution in [1.29, 1.82) is 0 Å². The monoisotopic (exact) mass is 1730 g/mol. The first-order valence-electron chi connectivity index (χ1n) is 39.6.